The van der Waals surface area contributed by atoms with E-state index in [1.165, 1.54) is 12.8 Å². The van der Waals surface area contributed by atoms with E-state index < -0.39 is 0 Å². The van der Waals surface area contributed by atoms with E-state index >= 15 is 0 Å². The van der Waals surface area contributed by atoms with E-state index in [9.17, 15) is 9.59 Å². The highest BCUT2D eigenvalue weighted by molar-refractivity contribution is 6.03. The van der Waals surface area contributed by atoms with Crippen molar-refractivity contribution in [2.75, 3.05) is 62.0 Å². The van der Waals surface area contributed by atoms with Gasteiger partial charge in [-0.1, -0.05) is 26.7 Å². The summed E-state index contributed by atoms with van der Waals surface area (Å²) in [6.45, 7) is 8.25. The van der Waals surface area contributed by atoms with Crippen LogP contribution in [0.15, 0.2) is 24.4 Å². The van der Waals surface area contributed by atoms with Crippen LogP contribution in [0, 0.1) is 5.41 Å². The van der Waals surface area contributed by atoms with Gasteiger partial charge in [0.2, 0.25) is 11.9 Å². The number of fused-ring (bicyclic) bond motifs is 1. The molecule has 2 aromatic rings. The largest absolute Gasteiger partial charge is 0.495 e. The Balaban J connectivity index is 1.36. The lowest BCUT2D eigenvalue weighted by atomic mass is 10.0. The summed E-state index contributed by atoms with van der Waals surface area (Å²) < 4.78 is 5.62. The highest BCUT2D eigenvalue weighted by atomic mass is 16.5. The normalized spacial score (nSPS) is 18.3. The molecule has 3 aliphatic rings. The number of hydrogen-bond donors (Lipinski definition) is 2. The maximum Gasteiger partial charge on any atom is 0.251 e. The molecule has 0 unspecified atom stereocenters. The van der Waals surface area contributed by atoms with Crippen LogP contribution in [-0.2, 0) is 4.79 Å². The van der Waals surface area contributed by atoms with Crippen LogP contribution in [0.25, 0.3) is 0 Å². The number of carbonyl (C=O) groups is 2. The molecule has 2 amide bonds. The van der Waals surface area contributed by atoms with Crippen molar-refractivity contribution in [2.24, 2.45) is 5.41 Å². The summed E-state index contributed by atoms with van der Waals surface area (Å²) in [6.07, 6.45) is 8.25. The molecule has 1 spiro atoms. The Hall–Kier alpha value is -3.40. The zero-order valence-electron chi connectivity index (χ0n) is 23.6. The SMILES string of the molecule is CCN(CC)CCNC(=O)c1ccc(Nc2ncc3c(n2)N(C2CCCC2)CC2(CC2)C(=O)N3C)c(OC)c1. The highest BCUT2D eigenvalue weighted by Crippen LogP contribution is 2.52. The molecule has 210 valence electrons. The molecular weight excluding hydrogens is 494 g/mol. The minimum absolute atomic E-state index is 0.137. The summed E-state index contributed by atoms with van der Waals surface area (Å²) in [6, 6.07) is 5.70. The minimum Gasteiger partial charge on any atom is -0.495 e. The number of likely N-dealkylation sites (N-methyl/N-ethyl adjacent to an activating group) is 1. The van der Waals surface area contributed by atoms with Gasteiger partial charge >= 0.3 is 0 Å². The fraction of sp³-hybridized carbons (Fsp3) is 0.586. The van der Waals surface area contributed by atoms with Crippen molar-refractivity contribution in [3.05, 3.63) is 30.0 Å². The Morgan fingerprint density at radius 3 is 2.62 bits per heavy atom. The summed E-state index contributed by atoms with van der Waals surface area (Å²) in [7, 11) is 3.42. The first-order valence-corrected chi connectivity index (χ1v) is 14.3. The molecule has 2 saturated carbocycles. The van der Waals surface area contributed by atoms with Gasteiger partial charge in [-0.15, -0.1) is 0 Å². The van der Waals surface area contributed by atoms with Crippen LogP contribution in [-0.4, -0.2) is 79.6 Å². The molecule has 0 radical (unpaired) electrons. The summed E-state index contributed by atoms with van der Waals surface area (Å²) in [5.74, 6) is 1.80. The third-order valence-electron chi connectivity index (χ3n) is 8.55. The van der Waals surface area contributed by atoms with Gasteiger partial charge in [-0.25, -0.2) is 4.98 Å². The summed E-state index contributed by atoms with van der Waals surface area (Å²) in [4.78, 5) is 41.9. The average molecular weight is 536 g/mol. The number of benzene rings is 1. The third kappa shape index (κ3) is 5.52. The van der Waals surface area contributed by atoms with Gasteiger partial charge in [0.25, 0.3) is 5.91 Å². The molecule has 5 rings (SSSR count). The standard InChI is InChI=1S/C29H41N7O3/c1-5-35(6-2)16-15-30-26(37)20-11-12-22(24(17-20)39-4)32-28-31-18-23-25(33-28)36(21-9-7-8-10-21)19-29(13-14-29)27(38)34(23)3/h11-12,17-18,21H,5-10,13-16,19H2,1-4H3,(H,30,37)(H,31,32,33). The van der Waals surface area contributed by atoms with Gasteiger partial charge in [-0.2, -0.15) is 4.98 Å². The minimum atomic E-state index is -0.295. The zero-order chi connectivity index (χ0) is 27.6. The topological polar surface area (TPSA) is 103 Å². The second kappa shape index (κ2) is 11.4. The summed E-state index contributed by atoms with van der Waals surface area (Å²) in [5.41, 5.74) is 1.66. The molecule has 2 heterocycles. The predicted octanol–water partition coefficient (Wildman–Crippen LogP) is 3.81. The first-order valence-electron chi connectivity index (χ1n) is 14.3. The monoisotopic (exact) mass is 535 g/mol. The van der Waals surface area contributed by atoms with E-state index in [1.807, 2.05) is 13.1 Å². The molecule has 1 aliphatic heterocycles. The molecule has 2 N–H and O–H groups in total. The van der Waals surface area contributed by atoms with Crippen molar-refractivity contribution >= 4 is 35.0 Å². The van der Waals surface area contributed by atoms with Gasteiger partial charge in [0, 0.05) is 38.3 Å². The van der Waals surface area contributed by atoms with E-state index in [1.54, 1.807) is 30.3 Å². The Morgan fingerprint density at radius 1 is 1.21 bits per heavy atom. The van der Waals surface area contributed by atoms with Gasteiger partial charge in [0.15, 0.2) is 5.82 Å². The quantitative estimate of drug-likeness (QED) is 0.474. The van der Waals surface area contributed by atoms with E-state index in [0.29, 0.717) is 42.1 Å². The Bertz CT molecular complexity index is 1210. The van der Waals surface area contributed by atoms with Crippen molar-refractivity contribution < 1.29 is 14.3 Å². The second-order valence-corrected chi connectivity index (χ2v) is 10.9. The van der Waals surface area contributed by atoms with E-state index in [0.717, 1.165) is 56.8 Å². The Morgan fingerprint density at radius 2 is 1.95 bits per heavy atom. The molecular formula is C29H41N7O3. The van der Waals surface area contributed by atoms with E-state index in [-0.39, 0.29) is 17.2 Å². The van der Waals surface area contributed by atoms with Crippen LogP contribution in [0.5, 0.6) is 5.75 Å². The van der Waals surface area contributed by atoms with Crippen LogP contribution in [0.2, 0.25) is 0 Å². The highest BCUT2D eigenvalue weighted by Gasteiger charge is 2.55. The number of anilines is 4. The van der Waals surface area contributed by atoms with Crippen molar-refractivity contribution in [3.8, 4) is 5.75 Å². The molecule has 2 fully saturated rings. The number of hydrogen-bond acceptors (Lipinski definition) is 8. The molecule has 10 nitrogen and oxygen atoms in total. The molecule has 10 heteroatoms. The average Bonchev–Trinajstić information content (AvgIpc) is 3.56. The lowest BCUT2D eigenvalue weighted by Crippen LogP contribution is -2.41. The van der Waals surface area contributed by atoms with Crippen LogP contribution >= 0.6 is 0 Å². The number of methoxy groups -OCH3 is 1. The van der Waals surface area contributed by atoms with Gasteiger partial charge in [-0.05, 0) is 57.0 Å². The maximum absolute atomic E-state index is 13.3. The van der Waals surface area contributed by atoms with Crippen molar-refractivity contribution in [3.63, 3.8) is 0 Å². The number of ether oxygens (including phenoxy) is 1. The second-order valence-electron chi connectivity index (χ2n) is 10.9. The molecule has 39 heavy (non-hydrogen) atoms. The number of rotatable bonds is 10. The maximum atomic E-state index is 13.3. The first-order chi connectivity index (χ1) is 18.9. The van der Waals surface area contributed by atoms with Crippen LogP contribution in [0.3, 0.4) is 0 Å². The zero-order valence-corrected chi connectivity index (χ0v) is 23.6. The number of amides is 2. The van der Waals surface area contributed by atoms with Gasteiger partial charge < -0.3 is 30.1 Å². The molecule has 1 aromatic carbocycles. The van der Waals surface area contributed by atoms with Gasteiger partial charge in [0.05, 0.1) is 24.4 Å². The summed E-state index contributed by atoms with van der Waals surface area (Å²) >= 11 is 0. The smallest absolute Gasteiger partial charge is 0.251 e. The summed E-state index contributed by atoms with van der Waals surface area (Å²) in [5, 5.41) is 6.28. The molecule has 0 bridgehead atoms. The van der Waals surface area contributed by atoms with Gasteiger partial charge in [-0.3, -0.25) is 9.59 Å². The lowest BCUT2D eigenvalue weighted by molar-refractivity contribution is -0.122. The molecule has 1 aromatic heterocycles. The van der Waals surface area contributed by atoms with Crippen molar-refractivity contribution in [1.82, 2.24) is 20.2 Å². The van der Waals surface area contributed by atoms with E-state index in [4.69, 9.17) is 9.72 Å². The number of nitrogens with zero attached hydrogens (tertiary/aromatic N) is 5. The van der Waals surface area contributed by atoms with Crippen molar-refractivity contribution in [2.45, 2.75) is 58.4 Å². The van der Waals surface area contributed by atoms with Crippen molar-refractivity contribution in [1.29, 1.82) is 0 Å². The van der Waals surface area contributed by atoms with Crippen LogP contribution in [0.1, 0.15) is 62.7 Å². The fourth-order valence-electron chi connectivity index (χ4n) is 5.87. The molecule has 0 saturated heterocycles. The fourth-order valence-corrected chi connectivity index (χ4v) is 5.87. The van der Waals surface area contributed by atoms with Gasteiger partial charge in [0.1, 0.15) is 11.4 Å². The number of aromatic nitrogens is 2. The van der Waals surface area contributed by atoms with E-state index in [2.05, 4.69) is 39.3 Å². The first kappa shape index (κ1) is 27.2. The predicted molar refractivity (Wildman–Crippen MR) is 153 cm³/mol. The van der Waals surface area contributed by atoms with Crippen LogP contribution < -0.4 is 25.2 Å². The lowest BCUT2D eigenvalue weighted by Gasteiger charge is -2.31. The number of carbonyl (C=O) groups excluding carboxylic acids is 2. The van der Waals surface area contributed by atoms with Crippen LogP contribution in [0.4, 0.5) is 23.1 Å². The molecule has 2 aliphatic carbocycles. The molecule has 0 atom stereocenters. The number of nitrogens with one attached hydrogen (secondary N) is 2. The Labute approximate surface area is 231 Å². The third-order valence-corrected chi connectivity index (χ3v) is 8.55. The Kier molecular flexibility index (Phi) is 7.93.